The Morgan fingerprint density at radius 3 is 2.67 bits per heavy atom. The van der Waals surface area contributed by atoms with E-state index < -0.39 is 11.7 Å². The third kappa shape index (κ3) is 2.49. The van der Waals surface area contributed by atoms with Crippen LogP contribution in [0.2, 0.25) is 0 Å². The van der Waals surface area contributed by atoms with Crippen LogP contribution in [-0.2, 0) is 14.3 Å². The topological polar surface area (TPSA) is 64.6 Å². The molecular formula is C13H19NO4. The molecule has 0 bridgehead atoms. The number of esters is 1. The molecule has 0 heterocycles. The molecule has 2 aliphatic rings. The van der Waals surface area contributed by atoms with Crippen molar-refractivity contribution in [1.29, 1.82) is 0 Å². The van der Waals surface area contributed by atoms with E-state index in [9.17, 15) is 9.59 Å². The van der Waals surface area contributed by atoms with Crippen LogP contribution < -0.4 is 5.32 Å². The van der Waals surface area contributed by atoms with Crippen LogP contribution in [0.3, 0.4) is 0 Å². The molecule has 5 heteroatoms. The Hall–Kier alpha value is -1.52. The molecule has 18 heavy (non-hydrogen) atoms. The lowest BCUT2D eigenvalue weighted by Gasteiger charge is -2.22. The largest absolute Gasteiger partial charge is 0.466 e. The molecule has 1 fully saturated rings. The number of fused-ring (bicyclic) bond motifs is 1. The van der Waals surface area contributed by atoms with E-state index in [4.69, 9.17) is 4.74 Å². The van der Waals surface area contributed by atoms with Crippen LogP contribution in [0.1, 0.15) is 33.6 Å². The first kappa shape index (κ1) is 12.9. The molecule has 1 N–H and O–H groups in total. The molecule has 2 aliphatic carbocycles. The van der Waals surface area contributed by atoms with Gasteiger partial charge in [0.15, 0.2) is 0 Å². The summed E-state index contributed by atoms with van der Waals surface area (Å²) < 4.78 is 9.90. The lowest BCUT2D eigenvalue weighted by Crippen LogP contribution is -2.40. The molecule has 0 aromatic rings. The zero-order valence-electron chi connectivity index (χ0n) is 11.2. The maximum atomic E-state index is 11.7. The van der Waals surface area contributed by atoms with Crippen molar-refractivity contribution >= 4 is 12.1 Å². The summed E-state index contributed by atoms with van der Waals surface area (Å²) in [6.45, 7) is 5.46. The summed E-state index contributed by atoms with van der Waals surface area (Å²) in [5.41, 5.74) is -0.255. The number of carbonyl (C=O) groups excluding carboxylic acids is 2. The molecule has 100 valence electrons. The fourth-order valence-corrected chi connectivity index (χ4v) is 2.37. The van der Waals surface area contributed by atoms with Crippen molar-refractivity contribution < 1.29 is 19.1 Å². The number of hydrogen-bond acceptors (Lipinski definition) is 4. The number of hydrogen-bond donors (Lipinski definition) is 1. The first-order valence-corrected chi connectivity index (χ1v) is 6.07. The molecule has 0 aromatic heterocycles. The summed E-state index contributed by atoms with van der Waals surface area (Å²) in [7, 11) is 1.36. The quantitative estimate of drug-likeness (QED) is 0.762. The summed E-state index contributed by atoms with van der Waals surface area (Å²) in [5, 5.41) is 2.85. The molecule has 2 rings (SSSR count). The van der Waals surface area contributed by atoms with Gasteiger partial charge in [-0.05, 0) is 45.6 Å². The van der Waals surface area contributed by atoms with Gasteiger partial charge < -0.3 is 14.8 Å². The average Bonchev–Trinajstić information content (AvgIpc) is 2.75. The van der Waals surface area contributed by atoms with Crippen molar-refractivity contribution in [1.82, 2.24) is 5.32 Å². The minimum absolute atomic E-state index is 0.305. The Bertz CT molecular complexity index is 421. The fourth-order valence-electron chi connectivity index (χ4n) is 2.37. The molecule has 1 amide bonds. The molecule has 0 spiro atoms. The average molecular weight is 253 g/mol. The van der Waals surface area contributed by atoms with Crippen molar-refractivity contribution in [3.8, 4) is 0 Å². The minimum Gasteiger partial charge on any atom is -0.466 e. The summed E-state index contributed by atoms with van der Waals surface area (Å²) in [6.07, 6.45) is 2.91. The molecule has 0 radical (unpaired) electrons. The van der Waals surface area contributed by atoms with Crippen LogP contribution in [0.5, 0.6) is 0 Å². The second kappa shape index (κ2) is 4.00. The fraction of sp³-hybridized carbons (Fsp3) is 0.692. The van der Waals surface area contributed by atoms with Crippen molar-refractivity contribution in [2.24, 2.45) is 5.92 Å². The van der Waals surface area contributed by atoms with Gasteiger partial charge in [-0.15, -0.1) is 0 Å². The van der Waals surface area contributed by atoms with Crippen molar-refractivity contribution in [3.05, 3.63) is 11.6 Å². The SMILES string of the molecule is COC(=O)C1=C[C@]2(NC(=O)OC(C)(C)C)C[C@@H]2C1. The van der Waals surface area contributed by atoms with Gasteiger partial charge in [-0.1, -0.05) is 0 Å². The third-order valence-electron chi connectivity index (χ3n) is 3.23. The van der Waals surface area contributed by atoms with Gasteiger partial charge >= 0.3 is 12.1 Å². The van der Waals surface area contributed by atoms with E-state index in [1.807, 2.05) is 26.8 Å². The first-order valence-electron chi connectivity index (χ1n) is 6.07. The minimum atomic E-state index is -0.515. The second-order valence-corrected chi connectivity index (χ2v) is 5.93. The number of methoxy groups -OCH3 is 1. The summed E-state index contributed by atoms with van der Waals surface area (Å²) in [5.74, 6) is -0.00770. The van der Waals surface area contributed by atoms with Gasteiger partial charge in [-0.25, -0.2) is 9.59 Å². The number of rotatable bonds is 2. The van der Waals surface area contributed by atoms with Gasteiger partial charge in [0.05, 0.1) is 12.6 Å². The van der Waals surface area contributed by atoms with Gasteiger partial charge in [0, 0.05) is 5.57 Å². The molecular weight excluding hydrogens is 234 g/mol. The van der Waals surface area contributed by atoms with Crippen LogP contribution in [0.4, 0.5) is 4.79 Å². The van der Waals surface area contributed by atoms with E-state index in [0.29, 0.717) is 17.9 Å². The van der Waals surface area contributed by atoms with Gasteiger partial charge in [0.25, 0.3) is 0 Å². The zero-order chi connectivity index (χ0) is 13.6. The zero-order valence-corrected chi connectivity index (χ0v) is 11.2. The standard InChI is InChI=1S/C13H19NO4/c1-12(2,3)18-11(16)14-13-6-8(10(15)17-4)5-9(13)7-13/h6,9H,5,7H2,1-4H3,(H,14,16)/t9-,13-/m0/s1. The lowest BCUT2D eigenvalue weighted by molar-refractivity contribution is -0.136. The third-order valence-corrected chi connectivity index (χ3v) is 3.23. The normalized spacial score (nSPS) is 29.1. The van der Waals surface area contributed by atoms with E-state index in [0.717, 1.165) is 6.42 Å². The summed E-state index contributed by atoms with van der Waals surface area (Å²) >= 11 is 0. The Morgan fingerprint density at radius 1 is 1.44 bits per heavy atom. The van der Waals surface area contributed by atoms with Gasteiger partial charge in [-0.2, -0.15) is 0 Å². The highest BCUT2D eigenvalue weighted by Gasteiger charge is 2.58. The Morgan fingerprint density at radius 2 is 2.11 bits per heavy atom. The number of carbonyl (C=O) groups is 2. The van der Waals surface area contributed by atoms with Crippen LogP contribution in [0.25, 0.3) is 0 Å². The molecule has 0 aromatic carbocycles. The summed E-state index contributed by atoms with van der Waals surface area (Å²) in [6, 6.07) is 0. The smallest absolute Gasteiger partial charge is 0.408 e. The maximum Gasteiger partial charge on any atom is 0.408 e. The van der Waals surface area contributed by atoms with Crippen molar-refractivity contribution in [2.75, 3.05) is 7.11 Å². The van der Waals surface area contributed by atoms with E-state index in [1.165, 1.54) is 7.11 Å². The maximum absolute atomic E-state index is 11.7. The Labute approximate surface area is 107 Å². The molecule has 5 nitrogen and oxygen atoms in total. The Balaban J connectivity index is 1.98. The molecule has 0 saturated heterocycles. The highest BCUT2D eigenvalue weighted by molar-refractivity contribution is 5.90. The number of alkyl carbamates (subject to hydrolysis) is 1. The predicted octanol–water partition coefficient (Wildman–Crippen LogP) is 1.77. The van der Waals surface area contributed by atoms with E-state index in [1.54, 1.807) is 0 Å². The van der Waals surface area contributed by atoms with Crippen molar-refractivity contribution in [2.45, 2.75) is 44.8 Å². The van der Waals surface area contributed by atoms with E-state index in [2.05, 4.69) is 10.1 Å². The molecule has 1 saturated carbocycles. The van der Waals surface area contributed by atoms with Gasteiger partial charge in [0.1, 0.15) is 5.60 Å². The lowest BCUT2D eigenvalue weighted by atomic mass is 10.2. The highest BCUT2D eigenvalue weighted by atomic mass is 16.6. The van der Waals surface area contributed by atoms with E-state index >= 15 is 0 Å². The van der Waals surface area contributed by atoms with Crippen LogP contribution in [0.15, 0.2) is 11.6 Å². The Kier molecular flexibility index (Phi) is 2.87. The van der Waals surface area contributed by atoms with Gasteiger partial charge in [0.2, 0.25) is 0 Å². The number of ether oxygens (including phenoxy) is 2. The second-order valence-electron chi connectivity index (χ2n) is 5.93. The van der Waals surface area contributed by atoms with Crippen LogP contribution in [0, 0.1) is 5.92 Å². The molecule has 0 unspecified atom stereocenters. The van der Waals surface area contributed by atoms with Crippen LogP contribution in [-0.4, -0.2) is 30.3 Å². The predicted molar refractivity (Wildman–Crippen MR) is 64.9 cm³/mol. The summed E-state index contributed by atoms with van der Waals surface area (Å²) in [4.78, 5) is 23.1. The van der Waals surface area contributed by atoms with E-state index in [-0.39, 0.29) is 11.5 Å². The van der Waals surface area contributed by atoms with Gasteiger partial charge in [-0.3, -0.25) is 0 Å². The molecule has 0 aliphatic heterocycles. The van der Waals surface area contributed by atoms with Crippen molar-refractivity contribution in [3.63, 3.8) is 0 Å². The number of amides is 1. The van der Waals surface area contributed by atoms with Crippen LogP contribution >= 0.6 is 0 Å². The number of nitrogens with one attached hydrogen (secondary N) is 1. The molecule has 2 atom stereocenters. The first-order chi connectivity index (χ1) is 8.26. The highest BCUT2D eigenvalue weighted by Crippen LogP contribution is 2.54. The monoisotopic (exact) mass is 253 g/mol.